The molecule has 0 aromatic heterocycles. The van der Waals surface area contributed by atoms with Crippen molar-refractivity contribution in [1.82, 2.24) is 0 Å². The number of benzene rings is 2. The third kappa shape index (κ3) is 2.84. The number of aliphatic hydroxyl groups excluding tert-OH is 1. The van der Waals surface area contributed by atoms with Crippen LogP contribution >= 0.6 is 0 Å². The van der Waals surface area contributed by atoms with Crippen LogP contribution in [0, 0.1) is 17.2 Å². The van der Waals surface area contributed by atoms with Gasteiger partial charge in [-0.05, 0) is 42.0 Å². The van der Waals surface area contributed by atoms with Gasteiger partial charge in [0.05, 0.1) is 42.8 Å². The Morgan fingerprint density at radius 2 is 1.83 bits per heavy atom. The van der Waals surface area contributed by atoms with E-state index in [9.17, 15) is 5.11 Å². The summed E-state index contributed by atoms with van der Waals surface area (Å²) in [5.41, 5.74) is 3.41. The molecule has 2 atom stereocenters. The molecule has 2 aromatic carbocycles. The Bertz CT molecular complexity index is 776. The van der Waals surface area contributed by atoms with Gasteiger partial charge in [0.1, 0.15) is 5.75 Å². The van der Waals surface area contributed by atoms with E-state index in [1.807, 2.05) is 41.4 Å². The Kier molecular flexibility index (Phi) is 4.50. The third-order valence-corrected chi connectivity index (χ3v) is 4.37. The Balaban J connectivity index is 1.95. The standard InChI is InChI=1S/C19H19N3O2/c1-13-18(12-23)22(16-7-9-17(24-2)10-8-16)21-19(13)15-5-3-14(11-20)4-6-15/h3-10,13,18,23H,12H2,1-2H3. The SMILES string of the molecule is COc1ccc(N2N=C(c3ccc(C#N)cc3)C(C)C2CO)cc1. The fraction of sp³-hybridized carbons (Fsp3) is 0.263. The van der Waals surface area contributed by atoms with E-state index < -0.39 is 0 Å². The van der Waals surface area contributed by atoms with E-state index in [1.165, 1.54) is 0 Å². The highest BCUT2D eigenvalue weighted by Gasteiger charge is 2.35. The lowest BCUT2D eigenvalue weighted by molar-refractivity contribution is 0.250. The average Bonchev–Trinajstić information content (AvgIpc) is 2.98. The van der Waals surface area contributed by atoms with Crippen LogP contribution in [-0.2, 0) is 0 Å². The van der Waals surface area contributed by atoms with Crippen molar-refractivity contribution in [2.75, 3.05) is 18.7 Å². The smallest absolute Gasteiger partial charge is 0.119 e. The minimum absolute atomic E-state index is 0.0104. The number of anilines is 1. The van der Waals surface area contributed by atoms with Gasteiger partial charge in [0.25, 0.3) is 0 Å². The first-order valence-corrected chi connectivity index (χ1v) is 7.81. The molecule has 24 heavy (non-hydrogen) atoms. The van der Waals surface area contributed by atoms with Crippen LogP contribution in [0.1, 0.15) is 18.1 Å². The van der Waals surface area contributed by atoms with Crippen molar-refractivity contribution in [2.24, 2.45) is 11.0 Å². The van der Waals surface area contributed by atoms with Crippen LogP contribution in [0.3, 0.4) is 0 Å². The monoisotopic (exact) mass is 321 g/mol. The number of hydrogen-bond donors (Lipinski definition) is 1. The molecule has 0 radical (unpaired) electrons. The van der Waals surface area contributed by atoms with Crippen molar-refractivity contribution < 1.29 is 9.84 Å². The number of rotatable bonds is 4. The molecular weight excluding hydrogens is 302 g/mol. The fourth-order valence-electron chi connectivity index (χ4n) is 2.93. The molecule has 0 aliphatic carbocycles. The van der Waals surface area contributed by atoms with Crippen molar-refractivity contribution in [3.63, 3.8) is 0 Å². The number of nitrogens with zero attached hydrogens (tertiary/aromatic N) is 3. The van der Waals surface area contributed by atoms with Gasteiger partial charge < -0.3 is 9.84 Å². The van der Waals surface area contributed by atoms with Gasteiger partial charge in [0.2, 0.25) is 0 Å². The molecule has 2 unspecified atom stereocenters. The van der Waals surface area contributed by atoms with Crippen LogP contribution in [0.5, 0.6) is 5.75 Å². The van der Waals surface area contributed by atoms with Crippen molar-refractivity contribution in [1.29, 1.82) is 5.26 Å². The van der Waals surface area contributed by atoms with Crippen molar-refractivity contribution in [3.8, 4) is 11.8 Å². The lowest BCUT2D eigenvalue weighted by atomic mass is 9.93. The largest absolute Gasteiger partial charge is 0.497 e. The number of hydrogen-bond acceptors (Lipinski definition) is 5. The third-order valence-electron chi connectivity index (χ3n) is 4.37. The summed E-state index contributed by atoms with van der Waals surface area (Å²) in [6.45, 7) is 2.07. The van der Waals surface area contributed by atoms with Crippen LogP contribution in [0.15, 0.2) is 53.6 Å². The molecule has 1 aliphatic heterocycles. The zero-order valence-electron chi connectivity index (χ0n) is 13.7. The first-order valence-electron chi connectivity index (χ1n) is 7.81. The summed E-state index contributed by atoms with van der Waals surface area (Å²) in [7, 11) is 1.63. The van der Waals surface area contributed by atoms with E-state index in [-0.39, 0.29) is 18.6 Å². The fourth-order valence-corrected chi connectivity index (χ4v) is 2.93. The van der Waals surface area contributed by atoms with Gasteiger partial charge in [0, 0.05) is 5.92 Å². The summed E-state index contributed by atoms with van der Waals surface area (Å²) in [4.78, 5) is 0. The molecule has 5 heteroatoms. The maximum absolute atomic E-state index is 9.83. The van der Waals surface area contributed by atoms with Gasteiger partial charge in [-0.2, -0.15) is 10.4 Å². The van der Waals surface area contributed by atoms with Crippen LogP contribution in [0.25, 0.3) is 0 Å². The molecule has 0 saturated carbocycles. The summed E-state index contributed by atoms with van der Waals surface area (Å²) in [6.07, 6.45) is 0. The minimum Gasteiger partial charge on any atom is -0.497 e. The molecule has 1 aliphatic rings. The Morgan fingerprint density at radius 3 is 2.38 bits per heavy atom. The van der Waals surface area contributed by atoms with Gasteiger partial charge in [0.15, 0.2) is 0 Å². The van der Waals surface area contributed by atoms with E-state index in [0.29, 0.717) is 5.56 Å². The van der Waals surface area contributed by atoms with Crippen molar-refractivity contribution in [3.05, 3.63) is 59.7 Å². The highest BCUT2D eigenvalue weighted by Crippen LogP contribution is 2.31. The Hall–Kier alpha value is -2.84. The van der Waals surface area contributed by atoms with E-state index in [4.69, 9.17) is 15.1 Å². The number of ether oxygens (including phenoxy) is 1. The molecule has 0 fully saturated rings. The molecule has 1 N–H and O–H groups in total. The van der Waals surface area contributed by atoms with E-state index in [0.717, 1.165) is 22.7 Å². The molecule has 5 nitrogen and oxygen atoms in total. The second-order valence-corrected chi connectivity index (χ2v) is 5.76. The van der Waals surface area contributed by atoms with Gasteiger partial charge in [-0.1, -0.05) is 19.1 Å². The highest BCUT2D eigenvalue weighted by atomic mass is 16.5. The molecule has 0 amide bonds. The van der Waals surface area contributed by atoms with Crippen LogP contribution in [-0.4, -0.2) is 30.6 Å². The minimum atomic E-state index is -0.121. The summed E-state index contributed by atoms with van der Waals surface area (Å²) in [6, 6.07) is 17.0. The Morgan fingerprint density at radius 1 is 1.17 bits per heavy atom. The summed E-state index contributed by atoms with van der Waals surface area (Å²) >= 11 is 0. The van der Waals surface area contributed by atoms with Gasteiger partial charge in [-0.15, -0.1) is 0 Å². The van der Waals surface area contributed by atoms with E-state index >= 15 is 0 Å². The van der Waals surface area contributed by atoms with Gasteiger partial charge >= 0.3 is 0 Å². The van der Waals surface area contributed by atoms with Crippen LogP contribution < -0.4 is 9.75 Å². The van der Waals surface area contributed by atoms with Crippen molar-refractivity contribution >= 4 is 11.4 Å². The second-order valence-electron chi connectivity index (χ2n) is 5.76. The number of methoxy groups -OCH3 is 1. The molecule has 0 spiro atoms. The highest BCUT2D eigenvalue weighted by molar-refractivity contribution is 6.04. The predicted octanol–water partition coefficient (Wildman–Crippen LogP) is 2.79. The normalized spacial score (nSPS) is 19.8. The first kappa shape index (κ1) is 16.0. The Labute approximate surface area is 141 Å². The maximum Gasteiger partial charge on any atom is 0.119 e. The lowest BCUT2D eigenvalue weighted by Gasteiger charge is -2.24. The average molecular weight is 321 g/mol. The number of aliphatic hydroxyl groups is 1. The van der Waals surface area contributed by atoms with Crippen LogP contribution in [0.2, 0.25) is 0 Å². The van der Waals surface area contributed by atoms with Crippen molar-refractivity contribution in [2.45, 2.75) is 13.0 Å². The quantitative estimate of drug-likeness (QED) is 0.940. The van der Waals surface area contributed by atoms with E-state index in [2.05, 4.69) is 13.0 Å². The molecule has 2 aromatic rings. The molecular formula is C19H19N3O2. The number of nitriles is 1. The lowest BCUT2D eigenvalue weighted by Crippen LogP contribution is -2.35. The summed E-state index contributed by atoms with van der Waals surface area (Å²) < 4.78 is 5.19. The topological polar surface area (TPSA) is 68.8 Å². The molecule has 3 rings (SSSR count). The summed E-state index contributed by atoms with van der Waals surface area (Å²) in [5.74, 6) is 0.855. The molecule has 122 valence electrons. The van der Waals surface area contributed by atoms with Gasteiger partial charge in [-0.25, -0.2) is 0 Å². The van der Waals surface area contributed by atoms with E-state index in [1.54, 1.807) is 19.2 Å². The molecule has 0 saturated heterocycles. The first-order chi connectivity index (χ1) is 11.7. The molecule has 1 heterocycles. The zero-order chi connectivity index (χ0) is 17.1. The second kappa shape index (κ2) is 6.73. The predicted molar refractivity (Wildman–Crippen MR) is 93.2 cm³/mol. The number of hydrazone groups is 1. The molecule has 0 bridgehead atoms. The maximum atomic E-state index is 9.83. The zero-order valence-corrected chi connectivity index (χ0v) is 13.7. The van der Waals surface area contributed by atoms with Gasteiger partial charge in [-0.3, -0.25) is 5.01 Å². The van der Waals surface area contributed by atoms with Crippen LogP contribution in [0.4, 0.5) is 5.69 Å². The summed E-state index contributed by atoms with van der Waals surface area (Å²) in [5, 5.41) is 25.4.